The molecule has 6 nitrogen and oxygen atoms in total. The molecule has 2 heterocycles. The Bertz CT molecular complexity index is 885. The Hall–Kier alpha value is -2.80. The molecule has 2 aromatic heterocycles. The molecule has 0 saturated heterocycles. The van der Waals surface area contributed by atoms with Gasteiger partial charge in [-0.25, -0.2) is 4.98 Å². The molecule has 0 aliphatic rings. The van der Waals surface area contributed by atoms with Gasteiger partial charge in [-0.05, 0) is 36.8 Å². The first kappa shape index (κ1) is 17.0. The van der Waals surface area contributed by atoms with Gasteiger partial charge in [0.05, 0.1) is 19.2 Å². The third-order valence-electron chi connectivity index (χ3n) is 3.60. The first-order valence-electron chi connectivity index (χ1n) is 7.62. The van der Waals surface area contributed by atoms with Crippen molar-refractivity contribution >= 4 is 17.2 Å². The van der Waals surface area contributed by atoms with Crippen LogP contribution in [-0.2, 0) is 6.54 Å². The molecule has 25 heavy (non-hydrogen) atoms. The molecule has 130 valence electrons. The van der Waals surface area contributed by atoms with Crippen LogP contribution >= 0.6 is 11.3 Å². The number of hydrogen-bond donors (Lipinski definition) is 1. The molecule has 1 amide bonds. The fourth-order valence-electron chi connectivity index (χ4n) is 2.33. The highest BCUT2D eigenvalue weighted by Gasteiger charge is 2.14. The van der Waals surface area contributed by atoms with Crippen LogP contribution in [-0.4, -0.2) is 25.1 Å². The Morgan fingerprint density at radius 2 is 2.00 bits per heavy atom. The summed E-state index contributed by atoms with van der Waals surface area (Å²) in [5, 5.41) is 5.68. The number of nitrogens with one attached hydrogen (secondary N) is 1. The van der Waals surface area contributed by atoms with E-state index in [0.717, 1.165) is 16.3 Å². The minimum absolute atomic E-state index is 0.251. The summed E-state index contributed by atoms with van der Waals surface area (Å²) in [4.78, 5) is 16.6. The van der Waals surface area contributed by atoms with Gasteiger partial charge in [0.15, 0.2) is 23.0 Å². The van der Waals surface area contributed by atoms with E-state index in [0.29, 0.717) is 23.8 Å². The average Bonchev–Trinajstić information content (AvgIpc) is 3.28. The number of thiazole rings is 1. The average molecular weight is 358 g/mol. The minimum atomic E-state index is -0.284. The number of carbonyl (C=O) groups is 1. The highest BCUT2D eigenvalue weighted by molar-refractivity contribution is 7.09. The number of nitrogens with zero attached hydrogens (tertiary/aromatic N) is 1. The van der Waals surface area contributed by atoms with Gasteiger partial charge in [-0.1, -0.05) is 6.07 Å². The zero-order valence-electron chi connectivity index (χ0n) is 14.2. The number of aryl methyl sites for hydroxylation is 1. The lowest BCUT2D eigenvalue weighted by atomic mass is 10.2. The molecule has 0 unspecified atom stereocenters. The van der Waals surface area contributed by atoms with Crippen molar-refractivity contribution in [3.63, 3.8) is 0 Å². The van der Waals surface area contributed by atoms with Gasteiger partial charge >= 0.3 is 0 Å². The summed E-state index contributed by atoms with van der Waals surface area (Å²) >= 11 is 1.54. The Balaban J connectivity index is 1.66. The largest absolute Gasteiger partial charge is 0.493 e. The summed E-state index contributed by atoms with van der Waals surface area (Å²) in [5.41, 5.74) is 1.63. The predicted molar refractivity (Wildman–Crippen MR) is 95.3 cm³/mol. The fraction of sp³-hybridized carbons (Fsp3) is 0.222. The topological polar surface area (TPSA) is 73.6 Å². The lowest BCUT2D eigenvalue weighted by Crippen LogP contribution is -2.22. The molecule has 1 aromatic carbocycles. The van der Waals surface area contributed by atoms with E-state index in [4.69, 9.17) is 13.9 Å². The molecule has 7 heteroatoms. The van der Waals surface area contributed by atoms with Crippen LogP contribution in [0.3, 0.4) is 0 Å². The molecule has 0 spiro atoms. The van der Waals surface area contributed by atoms with E-state index in [1.807, 2.05) is 24.4 Å². The van der Waals surface area contributed by atoms with Gasteiger partial charge in [-0.15, -0.1) is 11.3 Å². The molecule has 0 fully saturated rings. The molecule has 0 aliphatic carbocycles. The van der Waals surface area contributed by atoms with Gasteiger partial charge in [0.25, 0.3) is 5.91 Å². The van der Waals surface area contributed by atoms with E-state index in [-0.39, 0.29) is 11.7 Å². The van der Waals surface area contributed by atoms with Gasteiger partial charge in [0.2, 0.25) is 0 Å². The van der Waals surface area contributed by atoms with Crippen LogP contribution in [0.2, 0.25) is 0 Å². The van der Waals surface area contributed by atoms with Crippen molar-refractivity contribution in [2.45, 2.75) is 13.5 Å². The van der Waals surface area contributed by atoms with E-state index >= 15 is 0 Å². The second-order valence-electron chi connectivity index (χ2n) is 5.29. The van der Waals surface area contributed by atoms with Crippen molar-refractivity contribution < 1.29 is 18.7 Å². The zero-order chi connectivity index (χ0) is 17.8. The highest BCUT2D eigenvalue weighted by atomic mass is 32.1. The van der Waals surface area contributed by atoms with Gasteiger partial charge in [0, 0.05) is 11.9 Å². The maximum atomic E-state index is 12.3. The third-order valence-corrected chi connectivity index (χ3v) is 4.38. The molecular weight excluding hydrogens is 340 g/mol. The second kappa shape index (κ2) is 7.40. The van der Waals surface area contributed by atoms with E-state index in [9.17, 15) is 4.79 Å². The molecule has 0 radical (unpaired) electrons. The molecule has 0 bridgehead atoms. The minimum Gasteiger partial charge on any atom is -0.493 e. The van der Waals surface area contributed by atoms with Crippen molar-refractivity contribution in [3.05, 3.63) is 52.0 Å². The standard InChI is InChI=1S/C18H18N2O4S/c1-11-20-13(10-25-11)14-6-7-16(24-14)18(21)19-9-12-4-5-15(22-2)17(8-12)23-3/h4-8,10H,9H2,1-3H3,(H,19,21). The van der Waals surface area contributed by atoms with Crippen LogP contribution < -0.4 is 14.8 Å². The quantitative estimate of drug-likeness (QED) is 0.728. The Morgan fingerprint density at radius 1 is 1.20 bits per heavy atom. The first-order chi connectivity index (χ1) is 12.1. The Labute approximate surface area is 149 Å². The monoisotopic (exact) mass is 358 g/mol. The van der Waals surface area contributed by atoms with Gasteiger partial charge in [-0.2, -0.15) is 0 Å². The van der Waals surface area contributed by atoms with Gasteiger partial charge < -0.3 is 19.2 Å². The summed E-state index contributed by atoms with van der Waals surface area (Å²) in [6.45, 7) is 2.28. The number of carbonyl (C=O) groups excluding carboxylic acids is 1. The molecule has 0 aliphatic heterocycles. The number of ether oxygens (including phenoxy) is 2. The van der Waals surface area contributed by atoms with Gasteiger partial charge in [0.1, 0.15) is 5.69 Å². The molecule has 1 N–H and O–H groups in total. The molecular formula is C18H18N2O4S. The van der Waals surface area contributed by atoms with Gasteiger partial charge in [-0.3, -0.25) is 4.79 Å². The zero-order valence-corrected chi connectivity index (χ0v) is 15.0. The fourth-order valence-corrected chi connectivity index (χ4v) is 2.94. The van der Waals surface area contributed by atoms with Crippen molar-refractivity contribution in [3.8, 4) is 23.0 Å². The number of hydrogen-bond acceptors (Lipinski definition) is 6. The van der Waals surface area contributed by atoms with Crippen molar-refractivity contribution in [2.24, 2.45) is 0 Å². The number of amides is 1. The summed E-state index contributed by atoms with van der Waals surface area (Å²) < 4.78 is 16.1. The van der Waals surface area contributed by atoms with E-state index in [1.165, 1.54) is 11.3 Å². The maximum absolute atomic E-state index is 12.3. The van der Waals surface area contributed by atoms with E-state index in [1.54, 1.807) is 32.4 Å². The molecule has 0 saturated carbocycles. The van der Waals surface area contributed by atoms with Crippen molar-refractivity contribution in [1.82, 2.24) is 10.3 Å². The normalized spacial score (nSPS) is 10.5. The van der Waals surface area contributed by atoms with Crippen LogP contribution in [0.4, 0.5) is 0 Å². The number of aromatic nitrogens is 1. The molecule has 3 aromatic rings. The smallest absolute Gasteiger partial charge is 0.287 e. The third kappa shape index (κ3) is 3.83. The van der Waals surface area contributed by atoms with Crippen LogP contribution in [0.1, 0.15) is 21.1 Å². The van der Waals surface area contributed by atoms with Crippen LogP contribution in [0.15, 0.2) is 40.1 Å². The lowest BCUT2D eigenvalue weighted by molar-refractivity contribution is 0.0924. The first-order valence-corrected chi connectivity index (χ1v) is 8.50. The summed E-state index contributed by atoms with van der Waals surface area (Å²) in [5.74, 6) is 1.81. The summed E-state index contributed by atoms with van der Waals surface area (Å²) in [7, 11) is 3.16. The molecule has 3 rings (SSSR count). The summed E-state index contributed by atoms with van der Waals surface area (Å²) in [6, 6.07) is 8.89. The molecule has 0 atom stereocenters. The number of methoxy groups -OCH3 is 2. The Morgan fingerprint density at radius 3 is 2.68 bits per heavy atom. The SMILES string of the molecule is COc1ccc(CNC(=O)c2ccc(-c3csc(C)n3)o2)cc1OC. The maximum Gasteiger partial charge on any atom is 0.287 e. The van der Waals surface area contributed by atoms with Crippen LogP contribution in [0.25, 0.3) is 11.5 Å². The van der Waals surface area contributed by atoms with Crippen LogP contribution in [0, 0.1) is 6.92 Å². The van der Waals surface area contributed by atoms with Crippen molar-refractivity contribution in [2.75, 3.05) is 14.2 Å². The Kier molecular flexibility index (Phi) is 5.04. The number of furan rings is 1. The number of rotatable bonds is 6. The lowest BCUT2D eigenvalue weighted by Gasteiger charge is -2.10. The number of benzene rings is 1. The summed E-state index contributed by atoms with van der Waals surface area (Å²) in [6.07, 6.45) is 0. The van der Waals surface area contributed by atoms with Crippen LogP contribution in [0.5, 0.6) is 11.5 Å². The van der Waals surface area contributed by atoms with E-state index in [2.05, 4.69) is 10.3 Å². The second-order valence-corrected chi connectivity index (χ2v) is 6.35. The predicted octanol–water partition coefficient (Wildman–Crippen LogP) is 3.66. The van der Waals surface area contributed by atoms with Crippen molar-refractivity contribution in [1.29, 1.82) is 0 Å². The highest BCUT2D eigenvalue weighted by Crippen LogP contribution is 2.27. The van der Waals surface area contributed by atoms with E-state index < -0.39 is 0 Å².